The average Bonchev–Trinajstić information content (AvgIpc) is 2.48. The molecule has 0 aliphatic rings. The van der Waals surface area contributed by atoms with Gasteiger partial charge in [0.2, 0.25) is 0 Å². The van der Waals surface area contributed by atoms with E-state index in [1.165, 1.54) is 6.20 Å². The molecule has 2 rings (SSSR count). The fraction of sp³-hybridized carbons (Fsp3) is 0.267. The molecule has 0 amide bonds. The highest BCUT2D eigenvalue weighted by molar-refractivity contribution is 7.92. The zero-order valence-corrected chi connectivity index (χ0v) is 12.9. The first-order valence-electron chi connectivity index (χ1n) is 6.75. The molecule has 1 heterocycles. The summed E-state index contributed by atoms with van der Waals surface area (Å²) in [6, 6.07) is 8.21. The monoisotopic (exact) mass is 306 g/mol. The molecule has 112 valence electrons. The third kappa shape index (κ3) is 3.72. The molecule has 0 fully saturated rings. The van der Waals surface area contributed by atoms with Gasteiger partial charge in [0, 0.05) is 6.20 Å². The topological polar surface area (TPSA) is 68.3 Å². The fourth-order valence-corrected chi connectivity index (χ4v) is 3.03. The molecule has 5 nitrogen and oxygen atoms in total. The maximum absolute atomic E-state index is 12.4. The lowest BCUT2D eigenvalue weighted by atomic mass is 10.1. The van der Waals surface area contributed by atoms with Crippen molar-refractivity contribution in [2.75, 3.05) is 11.3 Å². The van der Waals surface area contributed by atoms with Crippen LogP contribution >= 0.6 is 0 Å². The van der Waals surface area contributed by atoms with Crippen molar-refractivity contribution in [1.82, 2.24) is 4.98 Å². The van der Waals surface area contributed by atoms with Crippen molar-refractivity contribution in [3.8, 4) is 5.75 Å². The molecule has 0 spiro atoms. The molecule has 2 aromatic rings. The van der Waals surface area contributed by atoms with Crippen LogP contribution in [0.4, 0.5) is 5.69 Å². The van der Waals surface area contributed by atoms with Crippen LogP contribution in [0.25, 0.3) is 0 Å². The van der Waals surface area contributed by atoms with Crippen molar-refractivity contribution in [3.63, 3.8) is 0 Å². The van der Waals surface area contributed by atoms with Crippen molar-refractivity contribution in [3.05, 3.63) is 48.3 Å². The Bertz CT molecular complexity index is 700. The first kappa shape index (κ1) is 15.3. The van der Waals surface area contributed by atoms with Gasteiger partial charge in [-0.15, -0.1) is 0 Å². The maximum Gasteiger partial charge on any atom is 0.261 e. The first-order valence-corrected chi connectivity index (χ1v) is 8.23. The van der Waals surface area contributed by atoms with Gasteiger partial charge in [-0.1, -0.05) is 6.92 Å². The highest BCUT2D eigenvalue weighted by Gasteiger charge is 2.16. The van der Waals surface area contributed by atoms with Crippen molar-refractivity contribution in [2.45, 2.75) is 25.2 Å². The van der Waals surface area contributed by atoms with E-state index in [1.54, 1.807) is 36.5 Å². The second-order valence-electron chi connectivity index (χ2n) is 4.40. The van der Waals surface area contributed by atoms with Gasteiger partial charge in [0.1, 0.15) is 5.75 Å². The minimum absolute atomic E-state index is 0.214. The van der Waals surface area contributed by atoms with Crippen LogP contribution in [-0.2, 0) is 16.4 Å². The summed E-state index contributed by atoms with van der Waals surface area (Å²) in [4.78, 5) is 4.10. The van der Waals surface area contributed by atoms with Crippen molar-refractivity contribution >= 4 is 15.7 Å². The first-order chi connectivity index (χ1) is 10.1. The van der Waals surface area contributed by atoms with E-state index in [-0.39, 0.29) is 4.90 Å². The van der Waals surface area contributed by atoms with E-state index in [1.807, 2.05) is 13.8 Å². The summed E-state index contributed by atoms with van der Waals surface area (Å²) in [5.74, 6) is 0.723. The third-order valence-electron chi connectivity index (χ3n) is 2.94. The number of ether oxygens (including phenoxy) is 1. The molecular weight excluding hydrogens is 288 g/mol. The Hall–Kier alpha value is -2.08. The summed E-state index contributed by atoms with van der Waals surface area (Å²) < 4.78 is 32.7. The van der Waals surface area contributed by atoms with E-state index in [0.717, 1.165) is 11.3 Å². The quantitative estimate of drug-likeness (QED) is 0.891. The van der Waals surface area contributed by atoms with E-state index in [4.69, 9.17) is 4.74 Å². The number of hydrogen-bond acceptors (Lipinski definition) is 4. The number of aromatic nitrogens is 1. The third-order valence-corrected chi connectivity index (χ3v) is 4.32. The summed E-state index contributed by atoms with van der Waals surface area (Å²) in [5.41, 5.74) is 1.30. The van der Waals surface area contributed by atoms with Crippen LogP contribution in [0, 0.1) is 0 Å². The highest BCUT2D eigenvalue weighted by Crippen LogP contribution is 2.24. The van der Waals surface area contributed by atoms with Gasteiger partial charge in [-0.05, 0) is 49.2 Å². The molecule has 0 aliphatic carbocycles. The number of aryl methyl sites for hydroxylation is 1. The standard InChI is InChI=1S/C15H18N2O3S/c1-3-12-10-14(7-8-15(12)20-4-2)21(18,19)17-13-6-5-9-16-11-13/h5-11,17H,3-4H2,1-2H3. The van der Waals surface area contributed by atoms with Gasteiger partial charge in [-0.25, -0.2) is 8.42 Å². The van der Waals surface area contributed by atoms with Crippen LogP contribution < -0.4 is 9.46 Å². The summed E-state index contributed by atoms with van der Waals surface area (Å²) in [6.45, 7) is 4.41. The Morgan fingerprint density at radius 3 is 2.67 bits per heavy atom. The molecule has 1 aromatic carbocycles. The summed E-state index contributed by atoms with van der Waals surface area (Å²) in [7, 11) is -3.62. The second kappa shape index (κ2) is 6.58. The molecule has 21 heavy (non-hydrogen) atoms. The number of rotatable bonds is 6. The summed E-state index contributed by atoms with van der Waals surface area (Å²) in [5, 5.41) is 0. The van der Waals surface area contributed by atoms with Crippen molar-refractivity contribution < 1.29 is 13.2 Å². The molecule has 0 bridgehead atoms. The molecule has 0 aliphatic heterocycles. The van der Waals surface area contributed by atoms with E-state index in [2.05, 4.69) is 9.71 Å². The largest absolute Gasteiger partial charge is 0.494 e. The molecule has 1 N–H and O–H groups in total. The smallest absolute Gasteiger partial charge is 0.261 e. The fourth-order valence-electron chi connectivity index (χ4n) is 1.93. The molecule has 0 unspecified atom stereocenters. The van der Waals surface area contributed by atoms with Crippen LogP contribution in [0.15, 0.2) is 47.6 Å². The van der Waals surface area contributed by atoms with Gasteiger partial charge in [0.05, 0.1) is 23.4 Å². The molecule has 0 radical (unpaired) electrons. The number of nitrogens with zero attached hydrogens (tertiary/aromatic N) is 1. The molecule has 6 heteroatoms. The van der Waals surface area contributed by atoms with Crippen molar-refractivity contribution in [1.29, 1.82) is 0 Å². The zero-order valence-electron chi connectivity index (χ0n) is 12.0. The van der Waals surface area contributed by atoms with Crippen LogP contribution in [-0.4, -0.2) is 20.0 Å². The van der Waals surface area contributed by atoms with Gasteiger partial charge in [-0.2, -0.15) is 0 Å². The van der Waals surface area contributed by atoms with Gasteiger partial charge >= 0.3 is 0 Å². The number of benzene rings is 1. The van der Waals surface area contributed by atoms with Gasteiger partial charge in [0.15, 0.2) is 0 Å². The van der Waals surface area contributed by atoms with Gasteiger partial charge in [-0.3, -0.25) is 9.71 Å². The van der Waals surface area contributed by atoms with Gasteiger partial charge in [0.25, 0.3) is 10.0 Å². The predicted octanol–water partition coefficient (Wildman–Crippen LogP) is 2.84. The SMILES string of the molecule is CCOc1ccc(S(=O)(=O)Nc2cccnc2)cc1CC. The Balaban J connectivity index is 2.32. The van der Waals surface area contributed by atoms with Crippen LogP contribution in [0.3, 0.4) is 0 Å². The number of sulfonamides is 1. The number of anilines is 1. The van der Waals surface area contributed by atoms with Gasteiger partial charge < -0.3 is 4.74 Å². The molecule has 0 saturated heterocycles. The summed E-state index contributed by atoms with van der Waals surface area (Å²) >= 11 is 0. The summed E-state index contributed by atoms with van der Waals surface area (Å²) in [6.07, 6.45) is 3.75. The number of pyridine rings is 1. The van der Waals surface area contributed by atoms with E-state index in [9.17, 15) is 8.42 Å². The molecule has 0 saturated carbocycles. The minimum Gasteiger partial charge on any atom is -0.494 e. The van der Waals surface area contributed by atoms with E-state index in [0.29, 0.717) is 18.7 Å². The van der Waals surface area contributed by atoms with Crippen molar-refractivity contribution in [2.24, 2.45) is 0 Å². The van der Waals surface area contributed by atoms with E-state index < -0.39 is 10.0 Å². The Kier molecular flexibility index (Phi) is 4.80. The number of hydrogen-bond donors (Lipinski definition) is 1. The lowest BCUT2D eigenvalue weighted by molar-refractivity contribution is 0.336. The zero-order chi connectivity index (χ0) is 15.3. The molecule has 1 aromatic heterocycles. The van der Waals surface area contributed by atoms with Crippen LogP contribution in [0.5, 0.6) is 5.75 Å². The Morgan fingerprint density at radius 1 is 1.24 bits per heavy atom. The molecular formula is C15H18N2O3S. The molecule has 0 atom stereocenters. The van der Waals surface area contributed by atoms with Crippen LogP contribution in [0.1, 0.15) is 19.4 Å². The maximum atomic E-state index is 12.4. The lowest BCUT2D eigenvalue weighted by Gasteiger charge is -2.12. The number of nitrogens with one attached hydrogen (secondary N) is 1. The minimum atomic E-state index is -3.62. The van der Waals surface area contributed by atoms with Crippen LogP contribution in [0.2, 0.25) is 0 Å². The van der Waals surface area contributed by atoms with E-state index >= 15 is 0 Å². The predicted molar refractivity (Wildman–Crippen MR) is 82.0 cm³/mol. The Labute approximate surface area is 125 Å². The normalized spacial score (nSPS) is 11.1. The second-order valence-corrected chi connectivity index (χ2v) is 6.09. The average molecular weight is 306 g/mol. The Morgan fingerprint density at radius 2 is 2.05 bits per heavy atom. The highest BCUT2D eigenvalue weighted by atomic mass is 32.2. The lowest BCUT2D eigenvalue weighted by Crippen LogP contribution is -2.13.